The van der Waals surface area contributed by atoms with E-state index in [1.54, 1.807) is 12.1 Å². The Bertz CT molecular complexity index is 1050. The average molecular weight is 433 g/mol. The van der Waals surface area contributed by atoms with Crippen LogP contribution in [-0.4, -0.2) is 33.5 Å². The van der Waals surface area contributed by atoms with Crippen molar-refractivity contribution in [3.63, 3.8) is 0 Å². The summed E-state index contributed by atoms with van der Waals surface area (Å²) in [4.78, 5) is 24.5. The number of carbonyl (C=O) groups is 1. The van der Waals surface area contributed by atoms with Crippen LogP contribution in [0.4, 0.5) is 5.69 Å². The first-order chi connectivity index (χ1) is 14.0. The number of hydrogen-bond acceptors (Lipinski definition) is 5. The van der Waals surface area contributed by atoms with E-state index in [1.807, 2.05) is 37.3 Å². The smallest absolute Gasteiger partial charge is 0.343 e. The second-order valence-electron chi connectivity index (χ2n) is 6.34. The van der Waals surface area contributed by atoms with E-state index in [4.69, 9.17) is 16.3 Å². The van der Waals surface area contributed by atoms with Crippen molar-refractivity contribution >= 4 is 35.0 Å². The van der Waals surface area contributed by atoms with Crippen LogP contribution < -0.4 is 15.7 Å². The minimum Gasteiger partial charge on any atom is -0.495 e. The van der Waals surface area contributed by atoms with E-state index >= 15 is 0 Å². The van der Waals surface area contributed by atoms with Gasteiger partial charge in [-0.15, -0.1) is 5.10 Å². The number of ether oxygens (including phenoxy) is 1. The highest BCUT2D eigenvalue weighted by Gasteiger charge is 2.14. The lowest BCUT2D eigenvalue weighted by Gasteiger charge is -2.12. The molecule has 9 heteroatoms. The summed E-state index contributed by atoms with van der Waals surface area (Å²) in [7, 11) is 1.51. The molecule has 0 aliphatic rings. The van der Waals surface area contributed by atoms with E-state index in [1.165, 1.54) is 23.4 Å². The van der Waals surface area contributed by atoms with Crippen molar-refractivity contribution in [1.29, 1.82) is 0 Å². The number of amides is 1. The van der Waals surface area contributed by atoms with Crippen LogP contribution in [0, 0.1) is 6.92 Å². The van der Waals surface area contributed by atoms with Gasteiger partial charge in [0.25, 0.3) is 0 Å². The fourth-order valence-corrected chi connectivity index (χ4v) is 3.67. The zero-order chi connectivity index (χ0) is 20.8. The molecule has 1 aromatic heterocycles. The number of hydrogen-bond donors (Lipinski definition) is 2. The molecular weight excluding hydrogens is 412 g/mol. The van der Waals surface area contributed by atoms with Gasteiger partial charge in [0.05, 0.1) is 18.6 Å². The van der Waals surface area contributed by atoms with Gasteiger partial charge < -0.3 is 10.1 Å². The minimum absolute atomic E-state index is 0.0977. The Hall–Kier alpha value is -2.71. The van der Waals surface area contributed by atoms with Crippen LogP contribution in [0.3, 0.4) is 0 Å². The van der Waals surface area contributed by atoms with Gasteiger partial charge in [0.15, 0.2) is 5.16 Å². The van der Waals surface area contributed by atoms with Crippen molar-refractivity contribution in [1.82, 2.24) is 14.8 Å². The summed E-state index contributed by atoms with van der Waals surface area (Å²) < 4.78 is 6.81. The first-order valence-corrected chi connectivity index (χ1v) is 10.3. The summed E-state index contributed by atoms with van der Waals surface area (Å²) >= 11 is 7.29. The Morgan fingerprint density at radius 3 is 2.79 bits per heavy atom. The maximum absolute atomic E-state index is 12.4. The van der Waals surface area contributed by atoms with Gasteiger partial charge in [0.1, 0.15) is 5.75 Å². The summed E-state index contributed by atoms with van der Waals surface area (Å²) in [6.45, 7) is 2.33. The van der Waals surface area contributed by atoms with Gasteiger partial charge in [-0.3, -0.25) is 9.36 Å². The normalized spacial score (nSPS) is 10.7. The lowest BCUT2D eigenvalue weighted by atomic mass is 10.1. The molecule has 29 heavy (non-hydrogen) atoms. The number of thioether (sulfide) groups is 1. The summed E-state index contributed by atoms with van der Waals surface area (Å²) in [5.41, 5.74) is 2.21. The van der Waals surface area contributed by atoms with Gasteiger partial charge in [0, 0.05) is 17.6 Å². The molecule has 0 radical (unpaired) electrons. The number of aryl methyl sites for hydroxylation is 2. The number of methoxy groups -OCH3 is 1. The van der Waals surface area contributed by atoms with E-state index in [0.717, 1.165) is 11.1 Å². The Morgan fingerprint density at radius 1 is 1.31 bits per heavy atom. The third-order valence-corrected chi connectivity index (χ3v) is 5.66. The minimum atomic E-state index is -0.293. The van der Waals surface area contributed by atoms with Crippen molar-refractivity contribution in [2.75, 3.05) is 18.2 Å². The monoisotopic (exact) mass is 432 g/mol. The van der Waals surface area contributed by atoms with Gasteiger partial charge in [-0.25, -0.2) is 9.89 Å². The number of carbonyl (C=O) groups excluding carboxylic acids is 1. The Balaban J connectivity index is 1.62. The average Bonchev–Trinajstić information content (AvgIpc) is 3.07. The second-order valence-corrected chi connectivity index (χ2v) is 7.69. The van der Waals surface area contributed by atoms with Crippen LogP contribution in [0.5, 0.6) is 5.75 Å². The Kier molecular flexibility index (Phi) is 7.00. The SMILES string of the molecule is COc1cc(Cl)c(C)cc1NC(=O)CSc1n[nH]c(=O)n1CCc1ccccc1. The van der Waals surface area contributed by atoms with Crippen LogP contribution in [-0.2, 0) is 17.8 Å². The number of anilines is 1. The van der Waals surface area contributed by atoms with E-state index < -0.39 is 0 Å². The molecule has 0 saturated heterocycles. The first-order valence-electron chi connectivity index (χ1n) is 8.94. The number of halogens is 1. The third kappa shape index (κ3) is 5.42. The fraction of sp³-hybridized carbons (Fsp3) is 0.250. The van der Waals surface area contributed by atoms with Gasteiger partial charge in [-0.2, -0.15) is 0 Å². The zero-order valence-electron chi connectivity index (χ0n) is 16.1. The molecule has 1 amide bonds. The van der Waals surface area contributed by atoms with E-state index in [9.17, 15) is 9.59 Å². The lowest BCUT2D eigenvalue weighted by molar-refractivity contribution is -0.113. The van der Waals surface area contributed by atoms with Crippen LogP contribution in [0.25, 0.3) is 0 Å². The van der Waals surface area contributed by atoms with Gasteiger partial charge in [-0.05, 0) is 30.5 Å². The molecule has 2 N–H and O–H groups in total. The molecular formula is C20H21ClN4O3S. The quantitative estimate of drug-likeness (QED) is 0.531. The molecule has 0 saturated carbocycles. The molecule has 0 aliphatic heterocycles. The molecule has 3 rings (SSSR count). The van der Waals surface area contributed by atoms with E-state index in [2.05, 4.69) is 15.5 Å². The first kappa shape index (κ1) is 21.0. The van der Waals surface area contributed by atoms with Gasteiger partial charge in [0.2, 0.25) is 5.91 Å². The number of aromatic amines is 1. The fourth-order valence-electron chi connectivity index (χ4n) is 2.74. The zero-order valence-corrected chi connectivity index (χ0v) is 17.6. The van der Waals surface area contributed by atoms with Crippen LogP contribution in [0.2, 0.25) is 5.02 Å². The predicted octanol–water partition coefficient (Wildman–Crippen LogP) is 3.52. The van der Waals surface area contributed by atoms with Gasteiger partial charge in [-0.1, -0.05) is 53.7 Å². The number of benzene rings is 2. The van der Waals surface area contributed by atoms with Crippen molar-refractivity contribution in [2.24, 2.45) is 0 Å². The van der Waals surface area contributed by atoms with Gasteiger partial charge >= 0.3 is 5.69 Å². The van der Waals surface area contributed by atoms with Crippen LogP contribution >= 0.6 is 23.4 Å². The number of rotatable bonds is 8. The van der Waals surface area contributed by atoms with Crippen LogP contribution in [0.15, 0.2) is 52.4 Å². The molecule has 0 fully saturated rings. The van der Waals surface area contributed by atoms with Crippen LogP contribution in [0.1, 0.15) is 11.1 Å². The van der Waals surface area contributed by atoms with Crippen molar-refractivity contribution in [3.05, 3.63) is 69.1 Å². The highest BCUT2D eigenvalue weighted by molar-refractivity contribution is 7.99. The molecule has 0 bridgehead atoms. The lowest BCUT2D eigenvalue weighted by Crippen LogP contribution is -2.20. The topological polar surface area (TPSA) is 89.0 Å². The molecule has 1 heterocycles. The number of aromatic nitrogens is 3. The Labute approximate surface area is 177 Å². The summed E-state index contributed by atoms with van der Waals surface area (Å²) in [6.07, 6.45) is 0.696. The van der Waals surface area contributed by atoms with E-state index in [-0.39, 0.29) is 17.3 Å². The molecule has 0 spiro atoms. The summed E-state index contributed by atoms with van der Waals surface area (Å²) in [5, 5.41) is 10.3. The standard InChI is InChI=1S/C20H21ClN4O3S/c1-13-10-16(17(28-2)11-15(13)21)22-18(26)12-29-20-24-23-19(27)25(20)9-8-14-6-4-3-5-7-14/h3-7,10-11H,8-9,12H2,1-2H3,(H,22,26)(H,23,27). The highest BCUT2D eigenvalue weighted by Crippen LogP contribution is 2.31. The molecule has 152 valence electrons. The summed E-state index contributed by atoms with van der Waals surface area (Å²) in [5.74, 6) is 0.346. The maximum atomic E-state index is 12.4. The van der Waals surface area contributed by atoms with E-state index in [0.29, 0.717) is 34.6 Å². The highest BCUT2D eigenvalue weighted by atomic mass is 35.5. The number of nitrogens with one attached hydrogen (secondary N) is 2. The van der Waals surface area contributed by atoms with Crippen molar-refractivity contribution < 1.29 is 9.53 Å². The predicted molar refractivity (Wildman–Crippen MR) is 115 cm³/mol. The maximum Gasteiger partial charge on any atom is 0.343 e. The number of nitrogens with zero attached hydrogens (tertiary/aromatic N) is 2. The van der Waals surface area contributed by atoms with Crippen molar-refractivity contribution in [3.8, 4) is 5.75 Å². The Morgan fingerprint density at radius 2 is 2.07 bits per heavy atom. The van der Waals surface area contributed by atoms with Crippen molar-refractivity contribution in [2.45, 2.75) is 25.0 Å². The molecule has 3 aromatic rings. The molecule has 0 atom stereocenters. The molecule has 7 nitrogen and oxygen atoms in total. The largest absolute Gasteiger partial charge is 0.495 e. The molecule has 0 aliphatic carbocycles. The molecule has 0 unspecified atom stereocenters. The summed E-state index contributed by atoms with van der Waals surface area (Å²) in [6, 6.07) is 13.3. The molecule has 2 aromatic carbocycles. The second kappa shape index (κ2) is 9.67. The third-order valence-electron chi connectivity index (χ3n) is 4.28. The number of H-pyrrole nitrogens is 1.